The van der Waals surface area contributed by atoms with E-state index in [1.807, 2.05) is 0 Å². The maximum atomic E-state index is 12.7. The van der Waals surface area contributed by atoms with Gasteiger partial charge in [0.15, 0.2) is 0 Å². The molecule has 1 unspecified atom stereocenters. The number of thiophene rings is 1. The number of nitrogens with zero attached hydrogens (tertiary/aromatic N) is 5. The quantitative estimate of drug-likeness (QED) is 0.677. The van der Waals surface area contributed by atoms with E-state index in [0.29, 0.717) is 12.4 Å². The van der Waals surface area contributed by atoms with Crippen molar-refractivity contribution in [1.29, 1.82) is 0 Å². The van der Waals surface area contributed by atoms with Crippen LogP contribution in [0.3, 0.4) is 0 Å². The first-order valence-corrected chi connectivity index (χ1v) is 7.71. The van der Waals surface area contributed by atoms with Crippen LogP contribution in [0.15, 0.2) is 4.79 Å². The summed E-state index contributed by atoms with van der Waals surface area (Å²) in [5, 5.41) is 12.4. The molecule has 1 atom stereocenters. The molecule has 0 radical (unpaired) electrons. The third kappa shape index (κ3) is 1.63. The lowest BCUT2D eigenvalue weighted by molar-refractivity contribution is -0.0543. The highest BCUT2D eigenvalue weighted by atomic mass is 32.1. The summed E-state index contributed by atoms with van der Waals surface area (Å²) in [5.41, 5.74) is 0.857. The molecule has 0 aliphatic carbocycles. The average Bonchev–Trinajstić information content (AvgIpc) is 3.08. The highest BCUT2D eigenvalue weighted by Gasteiger charge is 2.33. The normalized spacial score (nSPS) is 22.0. The summed E-state index contributed by atoms with van der Waals surface area (Å²) in [6.07, 6.45) is 1.67. The molecule has 0 amide bonds. The monoisotopic (exact) mass is 305 g/mol. The minimum absolute atomic E-state index is 0.0369. The molecule has 0 fully saturated rings. The number of rotatable bonds is 1. The van der Waals surface area contributed by atoms with Gasteiger partial charge in [-0.25, -0.2) is 0 Å². The van der Waals surface area contributed by atoms with Crippen LogP contribution in [-0.4, -0.2) is 30.2 Å². The standard InChI is InChI=1S/C13H15N5O2S/c1-4-13(2)5-7-8(6-20-13)21-11-9(7)10(19)17(3)12-14-15-16-18(11)12/h4-6H2,1-3H3. The van der Waals surface area contributed by atoms with Crippen molar-refractivity contribution >= 4 is 27.3 Å². The molecule has 0 saturated heterocycles. The minimum atomic E-state index is -0.207. The van der Waals surface area contributed by atoms with Crippen molar-refractivity contribution < 1.29 is 4.74 Å². The molecule has 110 valence electrons. The van der Waals surface area contributed by atoms with Gasteiger partial charge in [-0.05, 0) is 29.3 Å². The molecule has 4 rings (SSSR count). The summed E-state index contributed by atoms with van der Waals surface area (Å²) in [6, 6.07) is 0. The number of fused-ring (bicyclic) bond motifs is 5. The lowest BCUT2D eigenvalue weighted by Crippen LogP contribution is -2.34. The molecule has 0 spiro atoms. The molecule has 1 aliphatic rings. The van der Waals surface area contributed by atoms with Gasteiger partial charge in [0.2, 0.25) is 0 Å². The SMILES string of the molecule is CCC1(C)Cc2c(sc3c2c(=O)n(C)c2nnnn32)CO1. The molecule has 7 nitrogen and oxygen atoms in total. The van der Waals surface area contributed by atoms with E-state index in [2.05, 4.69) is 29.4 Å². The van der Waals surface area contributed by atoms with Crippen molar-refractivity contribution in [3.63, 3.8) is 0 Å². The third-order valence-electron chi connectivity index (χ3n) is 4.39. The fourth-order valence-corrected chi connectivity index (χ4v) is 4.01. The van der Waals surface area contributed by atoms with Crippen LogP contribution in [-0.2, 0) is 24.8 Å². The molecule has 8 heteroatoms. The second-order valence-electron chi connectivity index (χ2n) is 5.71. The highest BCUT2D eigenvalue weighted by molar-refractivity contribution is 7.18. The summed E-state index contributed by atoms with van der Waals surface area (Å²) in [6.45, 7) is 4.75. The zero-order chi connectivity index (χ0) is 14.8. The summed E-state index contributed by atoms with van der Waals surface area (Å²) >= 11 is 1.55. The van der Waals surface area contributed by atoms with Gasteiger partial charge < -0.3 is 4.74 Å². The van der Waals surface area contributed by atoms with Gasteiger partial charge in [-0.1, -0.05) is 12.0 Å². The van der Waals surface area contributed by atoms with Gasteiger partial charge in [-0.2, -0.15) is 4.52 Å². The zero-order valence-corrected chi connectivity index (χ0v) is 12.9. The maximum Gasteiger partial charge on any atom is 0.263 e. The molecular formula is C13H15N5O2S. The number of hydrogen-bond acceptors (Lipinski definition) is 6. The van der Waals surface area contributed by atoms with Crippen LogP contribution in [0.2, 0.25) is 0 Å². The Balaban J connectivity index is 2.12. The first-order valence-electron chi connectivity index (χ1n) is 6.89. The molecule has 1 aliphatic heterocycles. The van der Waals surface area contributed by atoms with Gasteiger partial charge in [-0.15, -0.1) is 11.3 Å². The third-order valence-corrected chi connectivity index (χ3v) is 5.57. The second-order valence-corrected chi connectivity index (χ2v) is 6.79. The molecule has 3 aromatic heterocycles. The van der Waals surface area contributed by atoms with Crippen molar-refractivity contribution in [1.82, 2.24) is 24.6 Å². The lowest BCUT2D eigenvalue weighted by atomic mass is 9.90. The van der Waals surface area contributed by atoms with Crippen LogP contribution in [0, 0.1) is 0 Å². The van der Waals surface area contributed by atoms with Crippen molar-refractivity contribution in [2.45, 2.75) is 38.9 Å². The first-order chi connectivity index (χ1) is 10.0. The van der Waals surface area contributed by atoms with Gasteiger partial charge in [-0.3, -0.25) is 9.36 Å². The second kappa shape index (κ2) is 4.11. The zero-order valence-electron chi connectivity index (χ0n) is 12.1. The smallest absolute Gasteiger partial charge is 0.263 e. The lowest BCUT2D eigenvalue weighted by Gasteiger charge is -2.32. The summed E-state index contributed by atoms with van der Waals surface area (Å²) in [4.78, 5) is 14.6. The van der Waals surface area contributed by atoms with E-state index >= 15 is 0 Å². The predicted octanol–water partition coefficient (Wildman–Crippen LogP) is 1.28. The summed E-state index contributed by atoms with van der Waals surface area (Å²) in [7, 11) is 1.70. The van der Waals surface area contributed by atoms with Crippen LogP contribution >= 0.6 is 11.3 Å². The summed E-state index contributed by atoms with van der Waals surface area (Å²) in [5.74, 6) is 0.463. The molecule has 0 N–H and O–H groups in total. The van der Waals surface area contributed by atoms with E-state index in [1.165, 1.54) is 4.57 Å². The molecule has 4 heterocycles. The van der Waals surface area contributed by atoms with Crippen molar-refractivity contribution in [3.8, 4) is 0 Å². The number of tetrazole rings is 1. The van der Waals surface area contributed by atoms with Gasteiger partial charge in [0.25, 0.3) is 11.3 Å². The Labute approximate surface area is 124 Å². The predicted molar refractivity (Wildman–Crippen MR) is 78.6 cm³/mol. The van der Waals surface area contributed by atoms with E-state index in [0.717, 1.165) is 33.5 Å². The fourth-order valence-electron chi connectivity index (χ4n) is 2.84. The topological polar surface area (TPSA) is 74.3 Å². The van der Waals surface area contributed by atoms with Crippen LogP contribution in [0.25, 0.3) is 16.0 Å². The number of aromatic nitrogens is 5. The van der Waals surface area contributed by atoms with Gasteiger partial charge in [0.1, 0.15) is 4.83 Å². The fraction of sp³-hybridized carbons (Fsp3) is 0.538. The van der Waals surface area contributed by atoms with E-state index in [9.17, 15) is 4.79 Å². The highest BCUT2D eigenvalue weighted by Crippen LogP contribution is 2.38. The average molecular weight is 305 g/mol. The molecule has 0 aromatic carbocycles. The van der Waals surface area contributed by atoms with Gasteiger partial charge in [0.05, 0.1) is 17.6 Å². The molecule has 21 heavy (non-hydrogen) atoms. The van der Waals surface area contributed by atoms with Crippen molar-refractivity contribution in [2.75, 3.05) is 0 Å². The first kappa shape index (κ1) is 12.9. The Morgan fingerprint density at radius 3 is 3.05 bits per heavy atom. The van der Waals surface area contributed by atoms with Crippen LogP contribution in [0.4, 0.5) is 0 Å². The van der Waals surface area contributed by atoms with Gasteiger partial charge >= 0.3 is 0 Å². The van der Waals surface area contributed by atoms with E-state index in [-0.39, 0.29) is 11.2 Å². The van der Waals surface area contributed by atoms with E-state index < -0.39 is 0 Å². The number of ether oxygens (including phenoxy) is 1. The Morgan fingerprint density at radius 1 is 1.48 bits per heavy atom. The number of aryl methyl sites for hydroxylation is 1. The van der Waals surface area contributed by atoms with E-state index in [4.69, 9.17) is 4.74 Å². The Hall–Kier alpha value is -1.80. The van der Waals surface area contributed by atoms with Crippen molar-refractivity contribution in [2.24, 2.45) is 7.05 Å². The Kier molecular flexibility index (Phi) is 2.52. The molecular weight excluding hydrogens is 290 g/mol. The van der Waals surface area contributed by atoms with E-state index in [1.54, 1.807) is 22.9 Å². The van der Waals surface area contributed by atoms with Crippen LogP contribution < -0.4 is 5.56 Å². The molecule has 0 saturated carbocycles. The minimum Gasteiger partial charge on any atom is -0.369 e. The largest absolute Gasteiger partial charge is 0.369 e. The van der Waals surface area contributed by atoms with Crippen LogP contribution in [0.5, 0.6) is 0 Å². The molecule has 0 bridgehead atoms. The molecule has 3 aromatic rings. The Morgan fingerprint density at radius 2 is 2.29 bits per heavy atom. The van der Waals surface area contributed by atoms with Crippen molar-refractivity contribution in [3.05, 3.63) is 20.8 Å². The maximum absolute atomic E-state index is 12.7. The van der Waals surface area contributed by atoms with Gasteiger partial charge in [0, 0.05) is 18.3 Å². The van der Waals surface area contributed by atoms with Crippen LogP contribution in [0.1, 0.15) is 30.7 Å². The number of hydrogen-bond donors (Lipinski definition) is 0. The summed E-state index contributed by atoms with van der Waals surface area (Å²) < 4.78 is 9.12. The Bertz CT molecular complexity index is 924.